The van der Waals surface area contributed by atoms with Crippen molar-refractivity contribution in [3.63, 3.8) is 0 Å². The van der Waals surface area contributed by atoms with Crippen molar-refractivity contribution in [2.75, 3.05) is 14.2 Å². The van der Waals surface area contributed by atoms with E-state index in [4.69, 9.17) is 30.5 Å². The summed E-state index contributed by atoms with van der Waals surface area (Å²) < 4.78 is 35.5. The second kappa shape index (κ2) is 9.75. The number of aliphatic imine (C=N–C) groups is 1. The van der Waals surface area contributed by atoms with E-state index in [1.165, 1.54) is 26.4 Å². The maximum absolute atomic E-state index is 13.5. The molecule has 0 atom stereocenters. The Kier molecular flexibility index (Phi) is 6.60. The van der Waals surface area contributed by atoms with Crippen LogP contribution in [0.3, 0.4) is 0 Å². The molecule has 4 rings (SSSR count). The Hall–Kier alpha value is -3.84. The molecule has 1 heterocycles. The third-order valence-electron chi connectivity index (χ3n) is 4.75. The van der Waals surface area contributed by atoms with Gasteiger partial charge in [0.15, 0.2) is 17.2 Å². The lowest BCUT2D eigenvalue weighted by molar-refractivity contribution is -0.129. The summed E-state index contributed by atoms with van der Waals surface area (Å²) >= 11 is 6.01. The van der Waals surface area contributed by atoms with E-state index in [9.17, 15) is 9.18 Å². The minimum atomic E-state index is -0.589. The maximum Gasteiger partial charge on any atom is 0.363 e. The molecule has 0 saturated carbocycles. The molecule has 3 aromatic rings. The molecular formula is C25H19ClFNO5. The van der Waals surface area contributed by atoms with Crippen LogP contribution >= 0.6 is 11.6 Å². The monoisotopic (exact) mass is 467 g/mol. The molecule has 0 aromatic heterocycles. The average Bonchev–Trinajstić information content (AvgIpc) is 3.17. The molecule has 0 radical (unpaired) electrons. The van der Waals surface area contributed by atoms with Gasteiger partial charge in [-0.15, -0.1) is 0 Å². The number of carbonyl (C=O) groups is 1. The summed E-state index contributed by atoms with van der Waals surface area (Å²) in [6.45, 7) is 0.116. The van der Waals surface area contributed by atoms with Crippen LogP contribution in [-0.4, -0.2) is 26.1 Å². The lowest BCUT2D eigenvalue weighted by Crippen LogP contribution is -2.05. The van der Waals surface area contributed by atoms with Gasteiger partial charge in [0.25, 0.3) is 0 Å². The number of esters is 1. The fourth-order valence-electron chi connectivity index (χ4n) is 3.22. The molecule has 0 bridgehead atoms. The minimum absolute atomic E-state index is 0.113. The Morgan fingerprint density at radius 2 is 1.76 bits per heavy atom. The zero-order valence-corrected chi connectivity index (χ0v) is 18.6. The second-order valence-corrected chi connectivity index (χ2v) is 7.46. The van der Waals surface area contributed by atoms with E-state index in [0.717, 1.165) is 0 Å². The molecule has 0 saturated heterocycles. The van der Waals surface area contributed by atoms with E-state index in [2.05, 4.69) is 4.99 Å². The number of rotatable bonds is 7. The quantitative estimate of drug-likeness (QED) is 0.343. The summed E-state index contributed by atoms with van der Waals surface area (Å²) in [6.07, 6.45) is 1.56. The maximum atomic E-state index is 13.5. The Morgan fingerprint density at radius 3 is 2.42 bits per heavy atom. The SMILES string of the molecule is COc1cc(/C=C2\N=C(c3cccc(Cl)c3)OC2=O)cc(OC)c1OCc1cccc(F)c1. The molecule has 0 spiro atoms. The number of ether oxygens (including phenoxy) is 4. The molecule has 6 nitrogen and oxygen atoms in total. The van der Waals surface area contributed by atoms with Gasteiger partial charge in [-0.1, -0.05) is 29.8 Å². The van der Waals surface area contributed by atoms with Crippen molar-refractivity contribution in [1.82, 2.24) is 0 Å². The van der Waals surface area contributed by atoms with Gasteiger partial charge in [-0.25, -0.2) is 14.2 Å². The number of hydrogen-bond donors (Lipinski definition) is 0. The lowest BCUT2D eigenvalue weighted by atomic mass is 10.1. The zero-order chi connectivity index (χ0) is 23.4. The molecular weight excluding hydrogens is 449 g/mol. The Labute approximate surface area is 194 Å². The second-order valence-electron chi connectivity index (χ2n) is 7.02. The van der Waals surface area contributed by atoms with Crippen LogP contribution in [-0.2, 0) is 16.1 Å². The van der Waals surface area contributed by atoms with E-state index < -0.39 is 5.97 Å². The summed E-state index contributed by atoms with van der Waals surface area (Å²) in [4.78, 5) is 16.6. The number of benzene rings is 3. The molecule has 8 heteroatoms. The van der Waals surface area contributed by atoms with E-state index in [0.29, 0.717) is 39.0 Å². The van der Waals surface area contributed by atoms with Gasteiger partial charge in [0.2, 0.25) is 11.6 Å². The van der Waals surface area contributed by atoms with Crippen LogP contribution in [0.2, 0.25) is 5.02 Å². The third-order valence-corrected chi connectivity index (χ3v) is 4.99. The lowest BCUT2D eigenvalue weighted by Gasteiger charge is -2.15. The van der Waals surface area contributed by atoms with Crippen molar-refractivity contribution in [3.05, 3.63) is 93.9 Å². The number of cyclic esters (lactones) is 1. The summed E-state index contributed by atoms with van der Waals surface area (Å²) in [5.74, 6) is 0.338. The number of methoxy groups -OCH3 is 2. The summed E-state index contributed by atoms with van der Waals surface area (Å²) in [7, 11) is 2.97. The van der Waals surface area contributed by atoms with Crippen molar-refractivity contribution in [2.45, 2.75) is 6.61 Å². The molecule has 0 amide bonds. The third kappa shape index (κ3) is 5.15. The van der Waals surface area contributed by atoms with Crippen LogP contribution in [0.15, 0.2) is 71.4 Å². The minimum Gasteiger partial charge on any atom is -0.493 e. The van der Waals surface area contributed by atoms with E-state index in [1.54, 1.807) is 54.6 Å². The predicted molar refractivity (Wildman–Crippen MR) is 122 cm³/mol. The van der Waals surface area contributed by atoms with Crippen LogP contribution in [0.1, 0.15) is 16.7 Å². The fraction of sp³-hybridized carbons (Fsp3) is 0.120. The van der Waals surface area contributed by atoms with E-state index in [1.807, 2.05) is 0 Å². The predicted octanol–water partition coefficient (Wildman–Crippen LogP) is 5.42. The number of nitrogens with zero attached hydrogens (tertiary/aromatic N) is 1. The molecule has 0 N–H and O–H groups in total. The topological polar surface area (TPSA) is 66.4 Å². The van der Waals surface area contributed by atoms with Gasteiger partial charge in [0, 0.05) is 10.6 Å². The standard InChI is InChI=1S/C25H19ClFNO5/c1-30-21-11-16(10-20-25(29)33-24(28-20)17-6-4-7-18(26)13-17)12-22(31-2)23(21)32-14-15-5-3-8-19(27)9-15/h3-13H,14H2,1-2H3/b20-10-. The van der Waals surface area contributed by atoms with Crippen LogP contribution < -0.4 is 14.2 Å². The molecule has 1 aliphatic rings. The van der Waals surface area contributed by atoms with E-state index in [-0.39, 0.29) is 24.0 Å². The zero-order valence-electron chi connectivity index (χ0n) is 17.8. The molecule has 0 fully saturated rings. The van der Waals surface area contributed by atoms with Crippen molar-refractivity contribution < 1.29 is 28.1 Å². The molecule has 3 aromatic carbocycles. The highest BCUT2D eigenvalue weighted by Gasteiger charge is 2.25. The fourth-order valence-corrected chi connectivity index (χ4v) is 3.41. The normalized spacial score (nSPS) is 14.1. The highest BCUT2D eigenvalue weighted by Crippen LogP contribution is 2.40. The van der Waals surface area contributed by atoms with Crippen LogP contribution in [0.25, 0.3) is 6.08 Å². The van der Waals surface area contributed by atoms with Gasteiger partial charge in [-0.3, -0.25) is 0 Å². The molecule has 33 heavy (non-hydrogen) atoms. The number of hydrogen-bond acceptors (Lipinski definition) is 6. The highest BCUT2D eigenvalue weighted by molar-refractivity contribution is 6.31. The number of carbonyl (C=O) groups excluding carboxylic acids is 1. The molecule has 0 aliphatic carbocycles. The van der Waals surface area contributed by atoms with Gasteiger partial charge in [-0.2, -0.15) is 0 Å². The Morgan fingerprint density at radius 1 is 1.03 bits per heavy atom. The van der Waals surface area contributed by atoms with Crippen molar-refractivity contribution >= 4 is 29.5 Å². The molecule has 168 valence electrons. The summed E-state index contributed by atoms with van der Waals surface area (Å²) in [6, 6.07) is 16.3. The average molecular weight is 468 g/mol. The Bertz CT molecular complexity index is 1250. The smallest absolute Gasteiger partial charge is 0.363 e. The van der Waals surface area contributed by atoms with Crippen molar-refractivity contribution in [3.8, 4) is 17.2 Å². The summed E-state index contributed by atoms with van der Waals surface area (Å²) in [5, 5.41) is 0.506. The molecule has 0 unspecified atom stereocenters. The van der Waals surface area contributed by atoms with Crippen molar-refractivity contribution in [2.24, 2.45) is 4.99 Å². The summed E-state index contributed by atoms with van der Waals surface area (Å²) in [5.41, 5.74) is 1.95. The van der Waals surface area contributed by atoms with Gasteiger partial charge in [0.05, 0.1) is 14.2 Å². The van der Waals surface area contributed by atoms with Gasteiger partial charge < -0.3 is 18.9 Å². The van der Waals surface area contributed by atoms with Gasteiger partial charge in [0.1, 0.15) is 12.4 Å². The first-order valence-corrected chi connectivity index (χ1v) is 10.3. The van der Waals surface area contributed by atoms with Gasteiger partial charge >= 0.3 is 5.97 Å². The van der Waals surface area contributed by atoms with Crippen LogP contribution in [0.5, 0.6) is 17.2 Å². The first-order chi connectivity index (χ1) is 16.0. The van der Waals surface area contributed by atoms with Crippen molar-refractivity contribution in [1.29, 1.82) is 0 Å². The van der Waals surface area contributed by atoms with Gasteiger partial charge in [-0.05, 0) is 59.7 Å². The van der Waals surface area contributed by atoms with Crippen LogP contribution in [0, 0.1) is 5.82 Å². The number of halogens is 2. The van der Waals surface area contributed by atoms with E-state index >= 15 is 0 Å². The Balaban J connectivity index is 1.63. The first-order valence-electron chi connectivity index (χ1n) is 9.88. The largest absolute Gasteiger partial charge is 0.493 e. The molecule has 1 aliphatic heterocycles. The van der Waals surface area contributed by atoms with Crippen LogP contribution in [0.4, 0.5) is 4.39 Å². The first kappa shape index (κ1) is 22.4. The highest BCUT2D eigenvalue weighted by atomic mass is 35.5.